The number of ether oxygens (including phenoxy) is 1. The fourth-order valence-electron chi connectivity index (χ4n) is 3.79. The van der Waals surface area contributed by atoms with Crippen LogP contribution in [0.1, 0.15) is 24.0 Å². The highest BCUT2D eigenvalue weighted by Gasteiger charge is 2.14. The van der Waals surface area contributed by atoms with Gasteiger partial charge >= 0.3 is 0 Å². The molecule has 0 bridgehead atoms. The highest BCUT2D eigenvalue weighted by Crippen LogP contribution is 2.33. The van der Waals surface area contributed by atoms with Crippen molar-refractivity contribution in [1.82, 2.24) is 5.32 Å². The number of aryl methyl sites for hydroxylation is 1. The molecule has 0 spiro atoms. The van der Waals surface area contributed by atoms with E-state index in [0.717, 1.165) is 36.2 Å². The van der Waals surface area contributed by atoms with Gasteiger partial charge in [-0.05, 0) is 83.6 Å². The van der Waals surface area contributed by atoms with Gasteiger partial charge in [0, 0.05) is 6.54 Å². The molecule has 0 radical (unpaired) electrons. The lowest BCUT2D eigenvalue weighted by Crippen LogP contribution is -2.35. The van der Waals surface area contributed by atoms with Crippen molar-refractivity contribution in [2.45, 2.75) is 32.5 Å². The minimum absolute atomic E-state index is 0.209. The van der Waals surface area contributed by atoms with E-state index in [1.165, 1.54) is 34.9 Å². The van der Waals surface area contributed by atoms with Gasteiger partial charge in [0.2, 0.25) is 0 Å². The molecule has 2 nitrogen and oxygen atoms in total. The van der Waals surface area contributed by atoms with Gasteiger partial charge in [0.1, 0.15) is 5.82 Å². The van der Waals surface area contributed by atoms with Crippen LogP contribution in [0, 0.1) is 12.7 Å². The maximum absolute atomic E-state index is 13.4. The summed E-state index contributed by atoms with van der Waals surface area (Å²) in [5.41, 5.74) is 4.56. The first kappa shape index (κ1) is 17.2. The molecule has 1 aliphatic rings. The van der Waals surface area contributed by atoms with Crippen LogP contribution < -0.4 is 5.32 Å². The lowest BCUT2D eigenvalue weighted by molar-refractivity contribution is 0.0253. The van der Waals surface area contributed by atoms with E-state index in [0.29, 0.717) is 6.61 Å². The minimum atomic E-state index is -0.209. The van der Waals surface area contributed by atoms with E-state index in [2.05, 4.69) is 42.6 Å². The Hall–Kier alpha value is -2.23. The molecule has 134 valence electrons. The molecular formula is C23H24FNO. The molecule has 1 N–H and O–H groups in total. The Morgan fingerprint density at radius 3 is 2.73 bits per heavy atom. The average Bonchev–Trinajstić information content (AvgIpc) is 2.67. The van der Waals surface area contributed by atoms with Crippen LogP contribution in [0.2, 0.25) is 0 Å². The zero-order valence-corrected chi connectivity index (χ0v) is 15.1. The van der Waals surface area contributed by atoms with Crippen LogP contribution in [-0.4, -0.2) is 19.2 Å². The maximum atomic E-state index is 13.4. The highest BCUT2D eigenvalue weighted by molar-refractivity contribution is 5.99. The molecule has 0 aromatic heterocycles. The van der Waals surface area contributed by atoms with Crippen LogP contribution in [0.15, 0.2) is 54.6 Å². The van der Waals surface area contributed by atoms with Gasteiger partial charge in [-0.1, -0.05) is 30.3 Å². The first-order chi connectivity index (χ1) is 12.7. The van der Waals surface area contributed by atoms with Crippen LogP contribution in [0.4, 0.5) is 4.39 Å². The fraction of sp³-hybridized carbons (Fsp3) is 0.304. The van der Waals surface area contributed by atoms with E-state index in [1.807, 2.05) is 12.1 Å². The molecule has 1 aliphatic heterocycles. The molecule has 4 rings (SSSR count). The monoisotopic (exact) mass is 349 g/mol. The number of rotatable bonds is 4. The van der Waals surface area contributed by atoms with Crippen LogP contribution in [-0.2, 0) is 11.3 Å². The van der Waals surface area contributed by atoms with Crippen LogP contribution in [0.5, 0.6) is 0 Å². The third-order valence-corrected chi connectivity index (χ3v) is 5.14. The summed E-state index contributed by atoms with van der Waals surface area (Å²) < 4.78 is 19.5. The van der Waals surface area contributed by atoms with E-state index in [9.17, 15) is 4.39 Å². The molecule has 3 heteroatoms. The van der Waals surface area contributed by atoms with Crippen molar-refractivity contribution in [2.75, 3.05) is 13.1 Å². The standard InChI is InChI=1S/C23H24FNO/c1-16-4-2-5-19-12-17(15-26-21-6-3-11-25-14-21)13-22(23(16)19)18-7-9-20(24)10-8-18/h2,4-5,7-10,12-13,21,25H,3,6,11,14-15H2,1H3. The Morgan fingerprint density at radius 2 is 1.96 bits per heavy atom. The summed E-state index contributed by atoms with van der Waals surface area (Å²) in [6.07, 6.45) is 2.57. The summed E-state index contributed by atoms with van der Waals surface area (Å²) in [4.78, 5) is 0. The minimum Gasteiger partial charge on any atom is -0.372 e. The number of piperidine rings is 1. The summed E-state index contributed by atoms with van der Waals surface area (Å²) in [7, 11) is 0. The first-order valence-electron chi connectivity index (χ1n) is 9.31. The Morgan fingerprint density at radius 1 is 1.12 bits per heavy atom. The van der Waals surface area contributed by atoms with Gasteiger partial charge < -0.3 is 10.1 Å². The molecule has 0 aliphatic carbocycles. The lowest BCUT2D eigenvalue weighted by atomic mass is 9.93. The van der Waals surface area contributed by atoms with Gasteiger partial charge in [0.25, 0.3) is 0 Å². The van der Waals surface area contributed by atoms with Crippen LogP contribution in [0.3, 0.4) is 0 Å². The fourth-order valence-corrected chi connectivity index (χ4v) is 3.79. The third-order valence-electron chi connectivity index (χ3n) is 5.14. The topological polar surface area (TPSA) is 21.3 Å². The van der Waals surface area contributed by atoms with Crippen LogP contribution >= 0.6 is 0 Å². The number of nitrogens with one attached hydrogen (secondary N) is 1. The van der Waals surface area contributed by atoms with E-state index in [4.69, 9.17) is 4.74 Å². The molecule has 0 saturated carbocycles. The number of benzene rings is 3. The quantitative estimate of drug-likeness (QED) is 0.697. The summed E-state index contributed by atoms with van der Waals surface area (Å²) >= 11 is 0. The molecule has 1 unspecified atom stereocenters. The first-order valence-corrected chi connectivity index (χ1v) is 9.31. The van der Waals surface area contributed by atoms with Crippen molar-refractivity contribution in [1.29, 1.82) is 0 Å². The van der Waals surface area contributed by atoms with Crippen molar-refractivity contribution in [2.24, 2.45) is 0 Å². The van der Waals surface area contributed by atoms with Crippen LogP contribution in [0.25, 0.3) is 21.9 Å². The molecule has 1 atom stereocenters. The Labute approximate surface area is 154 Å². The Bertz CT molecular complexity index is 898. The molecule has 3 aromatic carbocycles. The van der Waals surface area contributed by atoms with Gasteiger partial charge in [-0.15, -0.1) is 0 Å². The predicted octanol–water partition coefficient (Wildman–Crippen LogP) is 5.22. The second-order valence-electron chi connectivity index (χ2n) is 7.10. The van der Waals surface area contributed by atoms with Gasteiger partial charge in [0.15, 0.2) is 0 Å². The Kier molecular flexibility index (Phi) is 5.00. The van der Waals surface area contributed by atoms with Gasteiger partial charge in [-0.25, -0.2) is 4.39 Å². The third kappa shape index (κ3) is 3.64. The molecule has 1 fully saturated rings. The molecule has 1 saturated heterocycles. The van der Waals surface area contributed by atoms with E-state index >= 15 is 0 Å². The zero-order valence-electron chi connectivity index (χ0n) is 15.1. The SMILES string of the molecule is Cc1cccc2cc(COC3CCCNC3)cc(-c3ccc(F)cc3)c12. The second-order valence-corrected chi connectivity index (χ2v) is 7.10. The molecular weight excluding hydrogens is 325 g/mol. The largest absolute Gasteiger partial charge is 0.372 e. The second kappa shape index (κ2) is 7.56. The van der Waals surface area contributed by atoms with E-state index < -0.39 is 0 Å². The highest BCUT2D eigenvalue weighted by atomic mass is 19.1. The van der Waals surface area contributed by atoms with E-state index in [1.54, 1.807) is 0 Å². The summed E-state index contributed by atoms with van der Waals surface area (Å²) in [6, 6.07) is 17.5. The molecule has 1 heterocycles. The predicted molar refractivity (Wildman–Crippen MR) is 105 cm³/mol. The number of hydrogen-bond acceptors (Lipinski definition) is 2. The lowest BCUT2D eigenvalue weighted by Gasteiger charge is -2.23. The van der Waals surface area contributed by atoms with Crippen molar-refractivity contribution >= 4 is 10.8 Å². The van der Waals surface area contributed by atoms with Gasteiger partial charge in [0.05, 0.1) is 12.7 Å². The Balaban J connectivity index is 1.71. The summed E-state index contributed by atoms with van der Waals surface area (Å²) in [5, 5.41) is 5.82. The zero-order chi connectivity index (χ0) is 17.9. The van der Waals surface area contributed by atoms with Crippen molar-refractivity contribution in [3.8, 4) is 11.1 Å². The smallest absolute Gasteiger partial charge is 0.123 e. The number of halogens is 1. The van der Waals surface area contributed by atoms with Crippen molar-refractivity contribution < 1.29 is 9.13 Å². The number of hydrogen-bond donors (Lipinski definition) is 1. The number of fused-ring (bicyclic) bond motifs is 1. The molecule has 26 heavy (non-hydrogen) atoms. The molecule has 3 aromatic rings. The maximum Gasteiger partial charge on any atom is 0.123 e. The average molecular weight is 349 g/mol. The normalized spacial score (nSPS) is 17.5. The van der Waals surface area contributed by atoms with Gasteiger partial charge in [-0.2, -0.15) is 0 Å². The van der Waals surface area contributed by atoms with E-state index in [-0.39, 0.29) is 11.9 Å². The van der Waals surface area contributed by atoms with Crippen molar-refractivity contribution in [3.63, 3.8) is 0 Å². The van der Waals surface area contributed by atoms with Crippen molar-refractivity contribution in [3.05, 3.63) is 71.5 Å². The summed E-state index contributed by atoms with van der Waals surface area (Å²) in [6.45, 7) is 4.74. The molecule has 0 amide bonds. The van der Waals surface area contributed by atoms with Gasteiger partial charge in [-0.3, -0.25) is 0 Å². The summed E-state index contributed by atoms with van der Waals surface area (Å²) in [5.74, 6) is -0.209.